The zero-order valence-corrected chi connectivity index (χ0v) is 11.2. The molecule has 102 valence electrons. The number of carbonyl (C=O) groups excluding carboxylic acids is 1. The first-order valence-corrected chi connectivity index (χ1v) is 6.45. The van der Waals surface area contributed by atoms with Crippen molar-refractivity contribution in [2.75, 3.05) is 6.54 Å². The van der Waals surface area contributed by atoms with Gasteiger partial charge in [-0.15, -0.1) is 0 Å². The van der Waals surface area contributed by atoms with Gasteiger partial charge in [-0.3, -0.25) is 4.79 Å². The minimum absolute atomic E-state index is 0.0529. The lowest BCUT2D eigenvalue weighted by Crippen LogP contribution is -2.26. The van der Waals surface area contributed by atoms with Gasteiger partial charge in [0.15, 0.2) is 0 Å². The monoisotopic (exact) mass is 263 g/mol. The Morgan fingerprint density at radius 2 is 2.26 bits per heavy atom. The number of halogens is 1. The lowest BCUT2D eigenvalue weighted by molar-refractivity contribution is -0.121. The number of nitrogens with zero attached hydrogens (tertiary/aromatic N) is 1. The van der Waals surface area contributed by atoms with Gasteiger partial charge in [-0.05, 0) is 24.1 Å². The van der Waals surface area contributed by atoms with Crippen LogP contribution in [-0.4, -0.2) is 22.4 Å². The van der Waals surface area contributed by atoms with Crippen LogP contribution in [0.3, 0.4) is 0 Å². The highest BCUT2D eigenvalue weighted by Crippen LogP contribution is 2.12. The third-order valence-corrected chi connectivity index (χ3v) is 2.77. The van der Waals surface area contributed by atoms with Gasteiger partial charge in [-0.2, -0.15) is 0 Å². The van der Waals surface area contributed by atoms with Gasteiger partial charge >= 0.3 is 0 Å². The number of nitrogens with one attached hydrogen (secondary N) is 2. The molecule has 0 atom stereocenters. The van der Waals surface area contributed by atoms with Crippen LogP contribution in [0.25, 0.3) is 11.0 Å². The maximum absolute atomic E-state index is 13.0. The Hall–Kier alpha value is -1.91. The molecule has 0 radical (unpaired) electrons. The van der Waals surface area contributed by atoms with E-state index in [1.807, 2.05) is 13.8 Å². The molecule has 1 aromatic carbocycles. The standard InChI is InChI=1S/C14H18FN3O/c1-9(2)7-14(19)16-6-5-13-17-11-4-3-10(15)8-12(11)18-13/h3-4,8-9H,5-7H2,1-2H3,(H,16,19)(H,17,18). The first kappa shape index (κ1) is 13.5. The summed E-state index contributed by atoms with van der Waals surface area (Å²) in [6.07, 6.45) is 1.14. The minimum Gasteiger partial charge on any atom is -0.356 e. The number of fused-ring (bicyclic) bond motifs is 1. The van der Waals surface area contributed by atoms with Crippen LogP contribution in [0.15, 0.2) is 18.2 Å². The molecule has 2 aromatic rings. The number of benzene rings is 1. The van der Waals surface area contributed by atoms with Gasteiger partial charge in [0.25, 0.3) is 0 Å². The van der Waals surface area contributed by atoms with Crippen LogP contribution >= 0.6 is 0 Å². The number of imidazole rings is 1. The molecule has 1 amide bonds. The molecule has 0 spiro atoms. The third-order valence-electron chi connectivity index (χ3n) is 2.77. The van der Waals surface area contributed by atoms with Gasteiger partial charge < -0.3 is 10.3 Å². The highest BCUT2D eigenvalue weighted by molar-refractivity contribution is 5.76. The summed E-state index contributed by atoms with van der Waals surface area (Å²) in [6, 6.07) is 4.45. The molecule has 4 nitrogen and oxygen atoms in total. The van der Waals surface area contributed by atoms with Gasteiger partial charge in [-0.25, -0.2) is 9.37 Å². The van der Waals surface area contributed by atoms with Crippen LogP contribution in [0.2, 0.25) is 0 Å². The van der Waals surface area contributed by atoms with Crippen molar-refractivity contribution >= 4 is 16.9 Å². The molecule has 0 unspecified atom stereocenters. The summed E-state index contributed by atoms with van der Waals surface area (Å²) in [4.78, 5) is 18.9. The fraction of sp³-hybridized carbons (Fsp3) is 0.429. The number of rotatable bonds is 5. The fourth-order valence-electron chi connectivity index (χ4n) is 1.92. The van der Waals surface area contributed by atoms with E-state index in [4.69, 9.17) is 0 Å². The molecule has 0 bridgehead atoms. The predicted octanol–water partition coefficient (Wildman–Crippen LogP) is 2.41. The van der Waals surface area contributed by atoms with E-state index in [0.29, 0.717) is 30.8 Å². The molecule has 0 aliphatic heterocycles. The van der Waals surface area contributed by atoms with E-state index in [-0.39, 0.29) is 11.7 Å². The molecule has 0 saturated heterocycles. The van der Waals surface area contributed by atoms with E-state index in [2.05, 4.69) is 15.3 Å². The van der Waals surface area contributed by atoms with E-state index in [9.17, 15) is 9.18 Å². The van der Waals surface area contributed by atoms with Crippen molar-refractivity contribution in [3.8, 4) is 0 Å². The van der Waals surface area contributed by atoms with Crippen LogP contribution in [-0.2, 0) is 11.2 Å². The fourth-order valence-corrected chi connectivity index (χ4v) is 1.92. The molecule has 0 fully saturated rings. The molecule has 1 heterocycles. The molecule has 1 aromatic heterocycles. The van der Waals surface area contributed by atoms with Crippen LogP contribution in [0.1, 0.15) is 26.1 Å². The molecule has 0 aliphatic rings. The molecule has 5 heteroatoms. The Morgan fingerprint density at radius 3 is 3.00 bits per heavy atom. The van der Waals surface area contributed by atoms with Gasteiger partial charge in [0.1, 0.15) is 11.6 Å². The van der Waals surface area contributed by atoms with Gasteiger partial charge in [-0.1, -0.05) is 13.8 Å². The van der Waals surface area contributed by atoms with Crippen molar-refractivity contribution in [2.45, 2.75) is 26.7 Å². The maximum Gasteiger partial charge on any atom is 0.220 e. The van der Waals surface area contributed by atoms with E-state index in [1.165, 1.54) is 12.1 Å². The quantitative estimate of drug-likeness (QED) is 0.870. The number of amides is 1. The lowest BCUT2D eigenvalue weighted by Gasteiger charge is -2.05. The minimum atomic E-state index is -0.284. The second-order valence-electron chi connectivity index (χ2n) is 5.04. The summed E-state index contributed by atoms with van der Waals surface area (Å²) in [5.74, 6) is 0.879. The lowest BCUT2D eigenvalue weighted by atomic mass is 10.1. The van der Waals surface area contributed by atoms with E-state index in [0.717, 1.165) is 11.3 Å². The van der Waals surface area contributed by atoms with Crippen LogP contribution < -0.4 is 5.32 Å². The van der Waals surface area contributed by atoms with Gasteiger partial charge in [0.05, 0.1) is 11.0 Å². The first-order valence-electron chi connectivity index (χ1n) is 6.45. The van der Waals surface area contributed by atoms with Crippen molar-refractivity contribution in [2.24, 2.45) is 5.92 Å². The van der Waals surface area contributed by atoms with Crippen molar-refractivity contribution in [1.29, 1.82) is 0 Å². The Kier molecular flexibility index (Phi) is 4.14. The summed E-state index contributed by atoms with van der Waals surface area (Å²) < 4.78 is 13.0. The number of hydrogen-bond donors (Lipinski definition) is 2. The highest BCUT2D eigenvalue weighted by Gasteiger charge is 2.06. The summed E-state index contributed by atoms with van der Waals surface area (Å²) in [5, 5.41) is 2.85. The topological polar surface area (TPSA) is 57.8 Å². The van der Waals surface area contributed by atoms with Crippen LogP contribution in [0.5, 0.6) is 0 Å². The molecule has 19 heavy (non-hydrogen) atoms. The number of H-pyrrole nitrogens is 1. The van der Waals surface area contributed by atoms with Gasteiger partial charge in [0.2, 0.25) is 5.91 Å². The molecule has 2 rings (SSSR count). The zero-order valence-electron chi connectivity index (χ0n) is 11.2. The molecule has 0 saturated carbocycles. The van der Waals surface area contributed by atoms with Crippen molar-refractivity contribution in [1.82, 2.24) is 15.3 Å². The summed E-state index contributed by atoms with van der Waals surface area (Å²) >= 11 is 0. The predicted molar refractivity (Wildman–Crippen MR) is 72.2 cm³/mol. The zero-order chi connectivity index (χ0) is 13.8. The highest BCUT2D eigenvalue weighted by atomic mass is 19.1. The number of aromatic nitrogens is 2. The van der Waals surface area contributed by atoms with Crippen molar-refractivity contribution in [3.63, 3.8) is 0 Å². The van der Waals surface area contributed by atoms with Gasteiger partial charge in [0, 0.05) is 19.4 Å². The number of hydrogen-bond acceptors (Lipinski definition) is 2. The normalized spacial score (nSPS) is 11.2. The first-order chi connectivity index (χ1) is 9.04. The van der Waals surface area contributed by atoms with E-state index >= 15 is 0 Å². The number of aromatic amines is 1. The largest absolute Gasteiger partial charge is 0.356 e. The average molecular weight is 263 g/mol. The number of carbonyl (C=O) groups is 1. The van der Waals surface area contributed by atoms with Crippen LogP contribution in [0.4, 0.5) is 4.39 Å². The molecule has 2 N–H and O–H groups in total. The second-order valence-corrected chi connectivity index (χ2v) is 5.04. The molecular formula is C14H18FN3O. The smallest absolute Gasteiger partial charge is 0.220 e. The summed E-state index contributed by atoms with van der Waals surface area (Å²) in [7, 11) is 0. The Morgan fingerprint density at radius 1 is 1.47 bits per heavy atom. The van der Waals surface area contributed by atoms with E-state index < -0.39 is 0 Å². The SMILES string of the molecule is CC(C)CC(=O)NCCc1nc2ccc(F)cc2[nH]1. The Labute approximate surface area is 111 Å². The summed E-state index contributed by atoms with van der Waals surface area (Å²) in [5.41, 5.74) is 1.42. The second kappa shape index (κ2) is 5.82. The van der Waals surface area contributed by atoms with Crippen molar-refractivity contribution in [3.05, 3.63) is 29.8 Å². The van der Waals surface area contributed by atoms with Crippen LogP contribution in [0, 0.1) is 11.7 Å². The van der Waals surface area contributed by atoms with Crippen molar-refractivity contribution < 1.29 is 9.18 Å². The molecular weight excluding hydrogens is 245 g/mol. The third kappa shape index (κ3) is 3.77. The molecule has 0 aliphatic carbocycles. The Bertz CT molecular complexity index is 577. The Balaban J connectivity index is 1.89. The maximum atomic E-state index is 13.0. The average Bonchev–Trinajstić information content (AvgIpc) is 2.69. The summed E-state index contributed by atoms with van der Waals surface area (Å²) in [6.45, 7) is 4.55. The van der Waals surface area contributed by atoms with E-state index in [1.54, 1.807) is 6.07 Å².